The minimum absolute atomic E-state index is 0.0292. The molecule has 3 aromatic heterocycles. The molecule has 0 radical (unpaired) electrons. The number of para-hydroxylation sites is 1. The van der Waals surface area contributed by atoms with Crippen LogP contribution in [0.4, 0.5) is 28.9 Å². The highest BCUT2D eigenvalue weighted by atomic mass is 19.3. The van der Waals surface area contributed by atoms with Crippen LogP contribution in [0.2, 0.25) is 0 Å². The van der Waals surface area contributed by atoms with E-state index in [1.807, 2.05) is 0 Å². The van der Waals surface area contributed by atoms with Gasteiger partial charge in [0.2, 0.25) is 0 Å². The monoisotopic (exact) mass is 504 g/mol. The number of alkyl halides is 4. The summed E-state index contributed by atoms with van der Waals surface area (Å²) in [6.07, 6.45) is -4.57. The van der Waals surface area contributed by atoms with Crippen molar-refractivity contribution in [1.82, 2.24) is 19.6 Å². The van der Waals surface area contributed by atoms with Gasteiger partial charge in [0.1, 0.15) is 17.1 Å². The lowest BCUT2D eigenvalue weighted by atomic mass is 10.3. The fourth-order valence-electron chi connectivity index (χ4n) is 3.33. The topological polar surface area (TPSA) is 107 Å². The second-order valence-electron chi connectivity index (χ2n) is 7.54. The number of aromatic nitrogens is 4. The minimum atomic E-state index is -3.03. The Morgan fingerprint density at radius 1 is 0.972 bits per heavy atom. The van der Waals surface area contributed by atoms with E-state index in [-0.39, 0.29) is 22.9 Å². The van der Waals surface area contributed by atoms with Crippen LogP contribution in [0.1, 0.15) is 58.0 Å². The number of amides is 2. The average Bonchev–Trinajstić information content (AvgIpc) is 3.58. The number of anilines is 2. The number of hydrogen-bond acceptors (Lipinski definition) is 5. The largest absolute Gasteiger partial charge is 0.454 e. The van der Waals surface area contributed by atoms with Gasteiger partial charge in [-0.05, 0) is 37.3 Å². The van der Waals surface area contributed by atoms with E-state index in [2.05, 4.69) is 20.8 Å². The molecule has 4 aromatic rings. The van der Waals surface area contributed by atoms with Crippen molar-refractivity contribution in [2.75, 3.05) is 10.6 Å². The van der Waals surface area contributed by atoms with E-state index in [4.69, 9.17) is 4.42 Å². The van der Waals surface area contributed by atoms with Gasteiger partial charge in [-0.3, -0.25) is 19.0 Å². The van der Waals surface area contributed by atoms with Crippen LogP contribution in [-0.4, -0.2) is 31.4 Å². The summed E-state index contributed by atoms with van der Waals surface area (Å²) in [5.74, 6) is -1.42. The Morgan fingerprint density at radius 2 is 1.72 bits per heavy atom. The maximum atomic E-state index is 13.2. The highest BCUT2D eigenvalue weighted by Crippen LogP contribution is 2.26. The predicted octanol–water partition coefficient (Wildman–Crippen LogP) is 5.12. The Balaban J connectivity index is 1.50. The molecule has 188 valence electrons. The zero-order valence-corrected chi connectivity index (χ0v) is 18.8. The number of carbonyl (C=O) groups is 2. The fourth-order valence-corrected chi connectivity index (χ4v) is 3.33. The molecule has 2 amide bonds. The lowest BCUT2D eigenvalue weighted by Gasteiger charge is -2.06. The van der Waals surface area contributed by atoms with Crippen LogP contribution in [0.15, 0.2) is 59.1 Å². The Labute approximate surface area is 201 Å². The first kappa shape index (κ1) is 24.7. The van der Waals surface area contributed by atoms with E-state index >= 15 is 0 Å². The lowest BCUT2D eigenvalue weighted by Crippen LogP contribution is -2.17. The molecule has 9 nitrogen and oxygen atoms in total. The van der Waals surface area contributed by atoms with Crippen molar-refractivity contribution in [3.05, 3.63) is 83.3 Å². The number of benzene rings is 1. The minimum Gasteiger partial charge on any atom is -0.454 e. The first-order valence-electron chi connectivity index (χ1n) is 10.7. The molecule has 4 rings (SSSR count). The zero-order valence-electron chi connectivity index (χ0n) is 18.8. The number of nitrogens with zero attached hydrogens (tertiary/aromatic N) is 4. The van der Waals surface area contributed by atoms with Crippen LogP contribution >= 0.6 is 0 Å². The van der Waals surface area contributed by atoms with Crippen LogP contribution in [0, 0.1) is 0 Å². The van der Waals surface area contributed by atoms with E-state index in [0.29, 0.717) is 23.0 Å². The number of aryl methyl sites for hydroxylation is 1. The second kappa shape index (κ2) is 10.5. The normalized spacial score (nSPS) is 11.3. The number of furan rings is 1. The molecule has 0 atom stereocenters. The maximum Gasteiger partial charge on any atom is 0.291 e. The molecule has 0 spiro atoms. The van der Waals surface area contributed by atoms with Crippen molar-refractivity contribution in [3.8, 4) is 0 Å². The number of nitrogens with one attached hydrogen (secondary N) is 2. The standard InChI is InChI=1S/C23H20F4N6O3/c1-2-32-12-16(19(31-32)23(35)28-13-6-4-3-5-7-13)29-22(34)18-9-8-14(36-18)11-33-17(21(26)27)10-15(30-33)20(24)25/h3-10,12,20-21H,2,11H2,1H3,(H,28,35)(H,29,34). The maximum absolute atomic E-state index is 13.2. The highest BCUT2D eigenvalue weighted by molar-refractivity contribution is 6.10. The van der Waals surface area contributed by atoms with Gasteiger partial charge in [0.25, 0.3) is 24.7 Å². The van der Waals surface area contributed by atoms with Crippen molar-refractivity contribution < 1.29 is 31.6 Å². The van der Waals surface area contributed by atoms with Crippen molar-refractivity contribution in [2.24, 2.45) is 0 Å². The lowest BCUT2D eigenvalue weighted by molar-refractivity contribution is 0.0994. The van der Waals surface area contributed by atoms with Crippen LogP contribution in [0.5, 0.6) is 0 Å². The Kier molecular flexibility index (Phi) is 7.17. The molecule has 0 fully saturated rings. The summed E-state index contributed by atoms with van der Waals surface area (Å²) in [5.41, 5.74) is -0.851. The summed E-state index contributed by atoms with van der Waals surface area (Å²) in [5, 5.41) is 12.9. The van der Waals surface area contributed by atoms with Crippen molar-refractivity contribution in [1.29, 1.82) is 0 Å². The quantitative estimate of drug-likeness (QED) is 0.308. The van der Waals surface area contributed by atoms with Crippen LogP contribution in [0.3, 0.4) is 0 Å². The van der Waals surface area contributed by atoms with Crippen molar-refractivity contribution in [2.45, 2.75) is 32.9 Å². The fraction of sp³-hybridized carbons (Fsp3) is 0.217. The summed E-state index contributed by atoms with van der Waals surface area (Å²) in [7, 11) is 0. The first-order chi connectivity index (χ1) is 17.2. The van der Waals surface area contributed by atoms with Gasteiger partial charge in [-0.15, -0.1) is 0 Å². The predicted molar refractivity (Wildman–Crippen MR) is 120 cm³/mol. The SMILES string of the molecule is CCn1cc(NC(=O)c2ccc(Cn3nc(C(F)F)cc3C(F)F)o2)c(C(=O)Nc2ccccc2)n1. The molecule has 3 heterocycles. The summed E-state index contributed by atoms with van der Waals surface area (Å²) >= 11 is 0. The van der Waals surface area contributed by atoms with Gasteiger partial charge in [-0.25, -0.2) is 17.6 Å². The molecule has 0 saturated carbocycles. The summed E-state index contributed by atoms with van der Waals surface area (Å²) in [6.45, 7) is 1.85. The van der Waals surface area contributed by atoms with Gasteiger partial charge in [0.05, 0.1) is 12.2 Å². The molecule has 0 bridgehead atoms. The first-order valence-corrected chi connectivity index (χ1v) is 10.7. The Bertz CT molecular complexity index is 1360. The van der Waals surface area contributed by atoms with E-state index in [1.54, 1.807) is 37.3 Å². The molecular formula is C23H20F4N6O3. The van der Waals surface area contributed by atoms with Gasteiger partial charge in [-0.2, -0.15) is 10.2 Å². The van der Waals surface area contributed by atoms with E-state index in [1.165, 1.54) is 23.0 Å². The highest BCUT2D eigenvalue weighted by Gasteiger charge is 2.23. The van der Waals surface area contributed by atoms with E-state index in [0.717, 1.165) is 0 Å². The summed E-state index contributed by atoms with van der Waals surface area (Å²) in [4.78, 5) is 25.5. The van der Waals surface area contributed by atoms with Crippen molar-refractivity contribution in [3.63, 3.8) is 0 Å². The molecule has 2 N–H and O–H groups in total. The Hall–Kier alpha value is -4.42. The van der Waals surface area contributed by atoms with E-state index < -0.39 is 42.6 Å². The number of carbonyl (C=O) groups excluding carboxylic acids is 2. The van der Waals surface area contributed by atoms with E-state index in [9.17, 15) is 27.2 Å². The summed E-state index contributed by atoms with van der Waals surface area (Å²) < 4.78 is 59.8. The molecule has 0 aliphatic heterocycles. The van der Waals surface area contributed by atoms with Crippen LogP contribution < -0.4 is 10.6 Å². The van der Waals surface area contributed by atoms with Crippen molar-refractivity contribution >= 4 is 23.2 Å². The second-order valence-corrected chi connectivity index (χ2v) is 7.54. The number of rotatable bonds is 9. The third kappa shape index (κ3) is 5.45. The van der Waals surface area contributed by atoms with Gasteiger partial charge < -0.3 is 15.1 Å². The van der Waals surface area contributed by atoms with Crippen LogP contribution in [-0.2, 0) is 13.1 Å². The van der Waals surface area contributed by atoms with Gasteiger partial charge in [0.15, 0.2) is 11.5 Å². The summed E-state index contributed by atoms with van der Waals surface area (Å²) in [6, 6.07) is 11.9. The number of halogens is 4. The molecule has 0 unspecified atom stereocenters. The van der Waals surface area contributed by atoms with Gasteiger partial charge in [0, 0.05) is 18.4 Å². The molecule has 0 aliphatic carbocycles. The third-order valence-electron chi connectivity index (χ3n) is 5.05. The third-order valence-corrected chi connectivity index (χ3v) is 5.05. The van der Waals surface area contributed by atoms with Gasteiger partial charge >= 0.3 is 0 Å². The molecule has 36 heavy (non-hydrogen) atoms. The molecule has 0 aliphatic rings. The zero-order chi connectivity index (χ0) is 25.8. The molecular weight excluding hydrogens is 484 g/mol. The molecule has 13 heteroatoms. The Morgan fingerprint density at radius 3 is 2.39 bits per heavy atom. The van der Waals surface area contributed by atoms with Crippen LogP contribution in [0.25, 0.3) is 0 Å². The average molecular weight is 504 g/mol. The smallest absolute Gasteiger partial charge is 0.291 e. The molecule has 1 aromatic carbocycles. The number of hydrogen-bond donors (Lipinski definition) is 2. The van der Waals surface area contributed by atoms with Gasteiger partial charge in [-0.1, -0.05) is 18.2 Å². The molecule has 0 saturated heterocycles.